The van der Waals surface area contributed by atoms with Crippen LogP contribution in [0.3, 0.4) is 0 Å². The molecule has 1 aromatic carbocycles. The summed E-state index contributed by atoms with van der Waals surface area (Å²) in [4.78, 5) is 16.0. The van der Waals surface area contributed by atoms with Gasteiger partial charge in [0.1, 0.15) is 22.7 Å². The van der Waals surface area contributed by atoms with E-state index in [0.29, 0.717) is 34.9 Å². The number of ether oxygens (including phenoxy) is 1. The predicted molar refractivity (Wildman–Crippen MR) is 77.3 cm³/mol. The summed E-state index contributed by atoms with van der Waals surface area (Å²) in [7, 11) is 0. The molecule has 5 nitrogen and oxygen atoms in total. The molecule has 1 heterocycles. The van der Waals surface area contributed by atoms with Crippen molar-refractivity contribution in [1.29, 1.82) is 0 Å². The first-order valence-corrected chi connectivity index (χ1v) is 6.57. The minimum atomic E-state index is -0.108. The molecule has 0 unspecified atom stereocenters. The van der Waals surface area contributed by atoms with Gasteiger partial charge in [0.2, 0.25) is 0 Å². The van der Waals surface area contributed by atoms with Gasteiger partial charge in [-0.05, 0) is 35.0 Å². The maximum Gasteiger partial charge on any atom is 0.267 e. The Bertz CT molecular complexity index is 640. The first-order valence-electron chi connectivity index (χ1n) is 5.78. The van der Waals surface area contributed by atoms with Crippen LogP contribution in [0.2, 0.25) is 0 Å². The maximum absolute atomic E-state index is 11.9. The summed E-state index contributed by atoms with van der Waals surface area (Å²) in [6.07, 6.45) is 1.51. The molecule has 0 fully saturated rings. The van der Waals surface area contributed by atoms with Crippen molar-refractivity contribution in [3.8, 4) is 5.75 Å². The number of rotatable bonds is 4. The van der Waals surface area contributed by atoms with Crippen molar-refractivity contribution in [2.45, 2.75) is 13.5 Å². The average molecular weight is 324 g/mol. The SMILES string of the molecule is Cc1ncc(Br)c(=O)n1CCOc1cccc(N)c1. The van der Waals surface area contributed by atoms with E-state index in [2.05, 4.69) is 20.9 Å². The zero-order chi connectivity index (χ0) is 13.8. The zero-order valence-corrected chi connectivity index (χ0v) is 12.1. The lowest BCUT2D eigenvalue weighted by Gasteiger charge is -2.11. The van der Waals surface area contributed by atoms with Gasteiger partial charge in [0.15, 0.2) is 0 Å². The second-order valence-corrected chi connectivity index (χ2v) is 4.89. The lowest BCUT2D eigenvalue weighted by Crippen LogP contribution is -2.26. The highest BCUT2D eigenvalue weighted by Crippen LogP contribution is 2.14. The molecule has 2 rings (SSSR count). The molecule has 0 saturated heterocycles. The fourth-order valence-corrected chi connectivity index (χ4v) is 1.99. The van der Waals surface area contributed by atoms with Crippen LogP contribution < -0.4 is 16.0 Å². The molecule has 0 radical (unpaired) electrons. The van der Waals surface area contributed by atoms with Crippen molar-refractivity contribution in [2.75, 3.05) is 12.3 Å². The molecule has 1 aromatic heterocycles. The summed E-state index contributed by atoms with van der Waals surface area (Å²) in [5.41, 5.74) is 6.20. The van der Waals surface area contributed by atoms with E-state index in [1.54, 1.807) is 23.6 Å². The molecule has 2 N–H and O–H groups in total. The van der Waals surface area contributed by atoms with E-state index in [9.17, 15) is 4.79 Å². The summed E-state index contributed by atoms with van der Waals surface area (Å²) in [5.74, 6) is 1.35. The van der Waals surface area contributed by atoms with Crippen LogP contribution in [0.15, 0.2) is 39.7 Å². The Labute approximate surface area is 119 Å². The largest absolute Gasteiger partial charge is 0.492 e. The van der Waals surface area contributed by atoms with Crippen LogP contribution in [0, 0.1) is 6.92 Å². The van der Waals surface area contributed by atoms with Crippen molar-refractivity contribution < 1.29 is 4.74 Å². The Morgan fingerprint density at radius 1 is 1.47 bits per heavy atom. The van der Waals surface area contributed by atoms with Gasteiger partial charge in [-0.25, -0.2) is 4.98 Å². The number of aryl methyl sites for hydroxylation is 1. The highest BCUT2D eigenvalue weighted by Gasteiger charge is 2.05. The smallest absolute Gasteiger partial charge is 0.267 e. The van der Waals surface area contributed by atoms with Crippen LogP contribution >= 0.6 is 15.9 Å². The molecule has 100 valence electrons. The molecule has 0 aliphatic carbocycles. The van der Waals surface area contributed by atoms with Crippen molar-refractivity contribution in [2.24, 2.45) is 0 Å². The Morgan fingerprint density at radius 3 is 3.00 bits per heavy atom. The van der Waals surface area contributed by atoms with E-state index >= 15 is 0 Å². The molecular weight excluding hydrogens is 310 g/mol. The Morgan fingerprint density at radius 2 is 2.26 bits per heavy atom. The van der Waals surface area contributed by atoms with E-state index in [1.165, 1.54) is 6.20 Å². The second kappa shape index (κ2) is 5.88. The molecule has 2 aromatic rings. The fraction of sp³-hybridized carbons (Fsp3) is 0.231. The zero-order valence-electron chi connectivity index (χ0n) is 10.5. The topological polar surface area (TPSA) is 70.1 Å². The van der Waals surface area contributed by atoms with Crippen molar-refractivity contribution >= 4 is 21.6 Å². The van der Waals surface area contributed by atoms with E-state index in [1.807, 2.05) is 12.1 Å². The lowest BCUT2D eigenvalue weighted by molar-refractivity contribution is 0.294. The van der Waals surface area contributed by atoms with Crippen LogP contribution in [-0.4, -0.2) is 16.2 Å². The van der Waals surface area contributed by atoms with E-state index in [0.717, 1.165) is 0 Å². The van der Waals surface area contributed by atoms with Crippen molar-refractivity contribution in [3.05, 3.63) is 51.1 Å². The summed E-state index contributed by atoms with van der Waals surface area (Å²) in [5, 5.41) is 0. The fourth-order valence-electron chi connectivity index (χ4n) is 1.67. The van der Waals surface area contributed by atoms with Gasteiger partial charge in [-0.1, -0.05) is 6.07 Å². The third-order valence-electron chi connectivity index (χ3n) is 2.65. The van der Waals surface area contributed by atoms with Gasteiger partial charge in [0.25, 0.3) is 5.56 Å². The average Bonchev–Trinajstić information content (AvgIpc) is 2.38. The first kappa shape index (κ1) is 13.6. The van der Waals surface area contributed by atoms with Crippen LogP contribution in [0.25, 0.3) is 0 Å². The molecule has 0 aliphatic rings. The van der Waals surface area contributed by atoms with Crippen LogP contribution in [-0.2, 0) is 6.54 Å². The van der Waals surface area contributed by atoms with Gasteiger partial charge in [0.05, 0.1) is 6.54 Å². The van der Waals surface area contributed by atoms with Crippen LogP contribution in [0.1, 0.15) is 5.82 Å². The Hall–Kier alpha value is -1.82. The quantitative estimate of drug-likeness (QED) is 0.873. The number of anilines is 1. The summed E-state index contributed by atoms with van der Waals surface area (Å²) in [6.45, 7) is 2.60. The number of nitrogen functional groups attached to an aromatic ring is 1. The minimum Gasteiger partial charge on any atom is -0.492 e. The number of halogens is 1. The number of hydrogen-bond acceptors (Lipinski definition) is 4. The molecule has 0 saturated carbocycles. The number of hydrogen-bond donors (Lipinski definition) is 1. The summed E-state index contributed by atoms with van der Waals surface area (Å²) in [6, 6.07) is 7.18. The molecule has 0 aliphatic heterocycles. The van der Waals surface area contributed by atoms with Crippen molar-refractivity contribution in [3.63, 3.8) is 0 Å². The van der Waals surface area contributed by atoms with Gasteiger partial charge in [-0.3, -0.25) is 9.36 Å². The number of nitrogens with two attached hydrogens (primary N) is 1. The molecule has 19 heavy (non-hydrogen) atoms. The van der Waals surface area contributed by atoms with Gasteiger partial charge in [0, 0.05) is 18.0 Å². The van der Waals surface area contributed by atoms with Gasteiger partial charge in [-0.2, -0.15) is 0 Å². The number of aromatic nitrogens is 2. The first-order chi connectivity index (χ1) is 9.08. The molecule has 0 atom stereocenters. The van der Waals surface area contributed by atoms with E-state index < -0.39 is 0 Å². The summed E-state index contributed by atoms with van der Waals surface area (Å²) < 4.78 is 7.57. The highest BCUT2D eigenvalue weighted by molar-refractivity contribution is 9.10. The molecular formula is C13H14BrN3O2. The summed E-state index contributed by atoms with van der Waals surface area (Å²) >= 11 is 3.17. The molecule has 0 spiro atoms. The number of benzene rings is 1. The van der Waals surface area contributed by atoms with Gasteiger partial charge in [-0.15, -0.1) is 0 Å². The lowest BCUT2D eigenvalue weighted by atomic mass is 10.3. The predicted octanol–water partition coefficient (Wildman–Crippen LogP) is 1.98. The normalized spacial score (nSPS) is 10.4. The maximum atomic E-state index is 11.9. The van der Waals surface area contributed by atoms with E-state index in [-0.39, 0.29) is 5.56 Å². The third kappa shape index (κ3) is 3.35. The third-order valence-corrected chi connectivity index (χ3v) is 3.19. The molecule has 0 bridgehead atoms. The van der Waals surface area contributed by atoms with Crippen LogP contribution in [0.4, 0.5) is 5.69 Å². The monoisotopic (exact) mass is 323 g/mol. The van der Waals surface area contributed by atoms with Gasteiger partial charge >= 0.3 is 0 Å². The van der Waals surface area contributed by atoms with Crippen molar-refractivity contribution in [1.82, 2.24) is 9.55 Å². The number of nitrogens with zero attached hydrogens (tertiary/aromatic N) is 2. The molecule has 6 heteroatoms. The van der Waals surface area contributed by atoms with Gasteiger partial charge < -0.3 is 10.5 Å². The minimum absolute atomic E-state index is 0.108. The standard InChI is InChI=1S/C13H14BrN3O2/c1-9-16-8-12(14)13(18)17(9)5-6-19-11-4-2-3-10(15)7-11/h2-4,7-8H,5-6,15H2,1H3. The highest BCUT2D eigenvalue weighted by atomic mass is 79.9. The van der Waals surface area contributed by atoms with E-state index in [4.69, 9.17) is 10.5 Å². The Kier molecular flexibility index (Phi) is 4.21. The Balaban J connectivity index is 2.04. The van der Waals surface area contributed by atoms with Crippen LogP contribution in [0.5, 0.6) is 5.75 Å². The second-order valence-electron chi connectivity index (χ2n) is 4.03. The molecule has 0 amide bonds.